The molecule has 2 atom stereocenters. The van der Waals surface area contributed by atoms with E-state index in [0.29, 0.717) is 17.8 Å². The Bertz CT molecular complexity index is 1200. The molecule has 4 aromatic rings. The van der Waals surface area contributed by atoms with Crippen molar-refractivity contribution < 1.29 is 9.53 Å². The average molecular weight is 413 g/mol. The van der Waals surface area contributed by atoms with Crippen molar-refractivity contribution in [2.24, 2.45) is 0 Å². The van der Waals surface area contributed by atoms with E-state index in [2.05, 4.69) is 22.1 Å². The van der Waals surface area contributed by atoms with Gasteiger partial charge in [0, 0.05) is 23.8 Å². The Kier molecular flexibility index (Phi) is 5.08. The monoisotopic (exact) mass is 413 g/mol. The summed E-state index contributed by atoms with van der Waals surface area (Å²) in [6.07, 6.45) is 8.50. The number of rotatable bonds is 4. The number of hydrogen-bond donors (Lipinski definition) is 0. The van der Waals surface area contributed by atoms with Crippen molar-refractivity contribution in [2.75, 3.05) is 6.54 Å². The molecule has 2 aromatic heterocycles. The summed E-state index contributed by atoms with van der Waals surface area (Å²) in [7, 11) is 0. The zero-order valence-electron chi connectivity index (χ0n) is 17.3. The summed E-state index contributed by atoms with van der Waals surface area (Å²) >= 11 is 0. The highest BCUT2D eigenvalue weighted by atomic mass is 16.5. The minimum absolute atomic E-state index is 0.0340. The summed E-state index contributed by atoms with van der Waals surface area (Å²) in [5.41, 5.74) is 1.26. The van der Waals surface area contributed by atoms with Crippen LogP contribution in [0.25, 0.3) is 16.5 Å². The second-order valence-electron chi connectivity index (χ2n) is 7.81. The van der Waals surface area contributed by atoms with Gasteiger partial charge in [-0.25, -0.2) is 0 Å². The molecular weight excluding hydrogens is 390 g/mol. The summed E-state index contributed by atoms with van der Waals surface area (Å²) in [5, 5.41) is 10.5. The first-order chi connectivity index (χ1) is 15.2. The molecule has 1 amide bonds. The molecule has 1 fully saturated rings. The van der Waals surface area contributed by atoms with Crippen LogP contribution in [0.1, 0.15) is 30.1 Å². The molecule has 0 bridgehead atoms. The molecule has 0 unspecified atom stereocenters. The number of amides is 1. The molecule has 0 radical (unpaired) electrons. The maximum atomic E-state index is 13.5. The van der Waals surface area contributed by atoms with Gasteiger partial charge >= 0.3 is 0 Å². The fourth-order valence-corrected chi connectivity index (χ4v) is 4.14. The lowest BCUT2D eigenvalue weighted by atomic mass is 9.99. The maximum Gasteiger partial charge on any atom is 0.256 e. The third-order valence-electron chi connectivity index (χ3n) is 5.81. The first-order valence-corrected chi connectivity index (χ1v) is 10.5. The smallest absolute Gasteiger partial charge is 0.256 e. The number of fused-ring (bicyclic) bond motifs is 1. The van der Waals surface area contributed by atoms with E-state index in [4.69, 9.17) is 4.74 Å². The summed E-state index contributed by atoms with van der Waals surface area (Å²) in [4.78, 5) is 21.2. The quantitative estimate of drug-likeness (QED) is 0.508. The van der Waals surface area contributed by atoms with Crippen LogP contribution < -0.4 is 4.74 Å². The first kappa shape index (κ1) is 19.2. The van der Waals surface area contributed by atoms with Gasteiger partial charge in [-0.2, -0.15) is 15.0 Å². The van der Waals surface area contributed by atoms with E-state index in [1.54, 1.807) is 18.6 Å². The van der Waals surface area contributed by atoms with Crippen molar-refractivity contribution in [3.63, 3.8) is 0 Å². The number of ether oxygens (including phenoxy) is 1. The lowest BCUT2D eigenvalue weighted by molar-refractivity contribution is 0.0388. The Labute approximate surface area is 180 Å². The summed E-state index contributed by atoms with van der Waals surface area (Å²) in [5.74, 6) is 0.770. The number of carbonyl (C=O) groups is 1. The number of nitrogens with zero attached hydrogens (tertiary/aromatic N) is 5. The highest BCUT2D eigenvalue weighted by Gasteiger charge is 2.32. The van der Waals surface area contributed by atoms with E-state index < -0.39 is 0 Å². The van der Waals surface area contributed by atoms with Gasteiger partial charge in [0.25, 0.3) is 5.91 Å². The fourth-order valence-electron chi connectivity index (χ4n) is 4.14. The Morgan fingerprint density at radius 1 is 1.00 bits per heavy atom. The molecule has 5 rings (SSSR count). The van der Waals surface area contributed by atoms with Gasteiger partial charge < -0.3 is 9.64 Å². The second kappa shape index (κ2) is 8.18. The van der Waals surface area contributed by atoms with Crippen molar-refractivity contribution in [1.29, 1.82) is 0 Å². The molecule has 31 heavy (non-hydrogen) atoms. The molecule has 2 aromatic carbocycles. The Balaban J connectivity index is 1.40. The number of carbonyl (C=O) groups excluding carboxylic acids is 1. The van der Waals surface area contributed by atoms with Crippen molar-refractivity contribution in [2.45, 2.75) is 31.9 Å². The Morgan fingerprint density at radius 3 is 2.71 bits per heavy atom. The molecule has 156 valence electrons. The van der Waals surface area contributed by atoms with Crippen LogP contribution >= 0.6 is 0 Å². The van der Waals surface area contributed by atoms with E-state index in [-0.39, 0.29) is 18.1 Å². The normalized spacial score (nSPS) is 18.8. The molecule has 0 saturated carbocycles. The number of piperidine rings is 1. The first-order valence-electron chi connectivity index (χ1n) is 10.5. The van der Waals surface area contributed by atoms with Gasteiger partial charge in [0.1, 0.15) is 11.9 Å². The fraction of sp³-hybridized carbons (Fsp3) is 0.250. The zero-order chi connectivity index (χ0) is 21.2. The molecule has 1 aliphatic heterocycles. The standard InChI is InChI=1S/C24H23N5O2/c1-17-9-10-19(31-23-8-4-5-18-11-12-25-15-21(18)23)16-28(17)24(30)20-6-2-3-7-22(20)29-26-13-14-27-29/h2-8,11-15,17,19H,9-10,16H2,1H3/t17-,19+/m0/s1. The number of para-hydroxylation sites is 1. The molecule has 0 N–H and O–H groups in total. The predicted molar refractivity (Wildman–Crippen MR) is 117 cm³/mol. The van der Waals surface area contributed by atoms with E-state index in [1.165, 1.54) is 4.80 Å². The van der Waals surface area contributed by atoms with E-state index in [9.17, 15) is 4.79 Å². The Morgan fingerprint density at radius 2 is 1.84 bits per heavy atom. The van der Waals surface area contributed by atoms with Crippen molar-refractivity contribution >= 4 is 16.7 Å². The minimum atomic E-state index is -0.0825. The van der Waals surface area contributed by atoms with Crippen molar-refractivity contribution in [3.8, 4) is 11.4 Å². The zero-order valence-corrected chi connectivity index (χ0v) is 17.3. The van der Waals surface area contributed by atoms with E-state index >= 15 is 0 Å². The molecule has 7 nitrogen and oxygen atoms in total. The Hall–Kier alpha value is -3.74. The number of pyridine rings is 1. The van der Waals surface area contributed by atoms with Gasteiger partial charge in [0.05, 0.1) is 30.2 Å². The van der Waals surface area contributed by atoms with Crippen LogP contribution in [0.2, 0.25) is 0 Å². The summed E-state index contributed by atoms with van der Waals surface area (Å²) in [6, 6.07) is 15.5. The number of hydrogen-bond acceptors (Lipinski definition) is 5. The van der Waals surface area contributed by atoms with Crippen LogP contribution in [0.4, 0.5) is 0 Å². The summed E-state index contributed by atoms with van der Waals surface area (Å²) < 4.78 is 6.37. The van der Waals surface area contributed by atoms with Crippen LogP contribution in [-0.2, 0) is 0 Å². The van der Waals surface area contributed by atoms with Gasteiger partial charge in [0.15, 0.2) is 0 Å². The molecule has 3 heterocycles. The van der Waals surface area contributed by atoms with Crippen LogP contribution in [0, 0.1) is 0 Å². The average Bonchev–Trinajstić information content (AvgIpc) is 3.35. The molecule has 0 aliphatic carbocycles. The third-order valence-corrected chi connectivity index (χ3v) is 5.81. The molecule has 0 spiro atoms. The minimum Gasteiger partial charge on any atom is -0.488 e. The second-order valence-corrected chi connectivity index (χ2v) is 7.81. The molecule has 1 aliphatic rings. The lowest BCUT2D eigenvalue weighted by Crippen LogP contribution is -2.49. The molecule has 7 heteroatoms. The topological polar surface area (TPSA) is 73.1 Å². The van der Waals surface area contributed by atoms with Crippen molar-refractivity contribution in [3.05, 3.63) is 78.9 Å². The number of benzene rings is 2. The molecule has 1 saturated heterocycles. The third kappa shape index (κ3) is 3.74. The number of aromatic nitrogens is 4. The lowest BCUT2D eigenvalue weighted by Gasteiger charge is -2.38. The van der Waals surface area contributed by atoms with Crippen LogP contribution in [-0.4, -0.2) is 49.5 Å². The highest BCUT2D eigenvalue weighted by molar-refractivity contribution is 5.98. The highest BCUT2D eigenvalue weighted by Crippen LogP contribution is 2.29. The summed E-state index contributed by atoms with van der Waals surface area (Å²) in [6.45, 7) is 2.61. The van der Waals surface area contributed by atoms with Crippen LogP contribution in [0.5, 0.6) is 5.75 Å². The van der Waals surface area contributed by atoms with Gasteiger partial charge in [-0.15, -0.1) is 0 Å². The van der Waals surface area contributed by atoms with Gasteiger partial charge in [-0.3, -0.25) is 9.78 Å². The van der Waals surface area contributed by atoms with Gasteiger partial charge in [0.2, 0.25) is 0 Å². The molecular formula is C24H23N5O2. The van der Waals surface area contributed by atoms with Crippen LogP contribution in [0.15, 0.2) is 73.3 Å². The number of likely N-dealkylation sites (tertiary alicyclic amines) is 1. The van der Waals surface area contributed by atoms with Crippen molar-refractivity contribution in [1.82, 2.24) is 24.9 Å². The van der Waals surface area contributed by atoms with E-state index in [1.807, 2.05) is 59.6 Å². The largest absolute Gasteiger partial charge is 0.488 e. The maximum absolute atomic E-state index is 13.5. The van der Waals surface area contributed by atoms with Gasteiger partial charge in [-0.1, -0.05) is 24.3 Å². The van der Waals surface area contributed by atoms with Gasteiger partial charge in [-0.05, 0) is 49.4 Å². The SMILES string of the molecule is C[C@H]1CC[C@@H](Oc2cccc3ccncc23)CN1C(=O)c1ccccc1-n1nccn1. The van der Waals surface area contributed by atoms with E-state index in [0.717, 1.165) is 29.4 Å². The predicted octanol–water partition coefficient (Wildman–Crippen LogP) is 3.89. The van der Waals surface area contributed by atoms with Crippen LogP contribution in [0.3, 0.4) is 0 Å².